The predicted octanol–water partition coefficient (Wildman–Crippen LogP) is 6.98. The normalized spacial score (nSPS) is 30.8. The summed E-state index contributed by atoms with van der Waals surface area (Å²) in [5, 5.41) is 9.25. The molecule has 0 radical (unpaired) electrons. The summed E-state index contributed by atoms with van der Waals surface area (Å²) in [4.78, 5) is 39.0. The fourth-order valence-electron chi connectivity index (χ4n) is 6.14. The Morgan fingerprint density at radius 1 is 0.472 bits per heavy atom. The smallest absolute Gasteiger partial charge is 0.227 e. The first-order chi connectivity index (χ1) is 17.3. The van der Waals surface area contributed by atoms with Crippen molar-refractivity contribution in [3.63, 3.8) is 0 Å². The third kappa shape index (κ3) is 7.33. The van der Waals surface area contributed by atoms with Gasteiger partial charge in [-0.15, -0.1) is 0 Å². The summed E-state index contributed by atoms with van der Waals surface area (Å²) in [6, 6.07) is 5.47. The lowest BCUT2D eigenvalue weighted by Gasteiger charge is -2.27. The number of nitrogens with one attached hydrogen (secondary N) is 3. The number of anilines is 3. The maximum atomic E-state index is 13.0. The standard InChI is InChI=1S/C30H45N3O3/c1-19-4-10-22(11-5-19)28(34)31-25-16-26(32-29(35)23-12-6-20(2)7-13-23)18-27(17-25)33-30(36)24-14-8-21(3)9-15-24/h16-24H,4-15H2,1-3H3,(H,31,34)(H,32,35)(H,33,36)/t19-,20-,21-,22+,23+,24+. The summed E-state index contributed by atoms with van der Waals surface area (Å²) < 4.78 is 0. The summed E-state index contributed by atoms with van der Waals surface area (Å²) >= 11 is 0. The molecule has 1 aromatic rings. The van der Waals surface area contributed by atoms with Gasteiger partial charge in [-0.25, -0.2) is 0 Å². The van der Waals surface area contributed by atoms with E-state index in [4.69, 9.17) is 0 Å². The predicted molar refractivity (Wildman–Crippen MR) is 146 cm³/mol. The van der Waals surface area contributed by atoms with Gasteiger partial charge in [0.05, 0.1) is 0 Å². The highest BCUT2D eigenvalue weighted by molar-refractivity contribution is 5.99. The summed E-state index contributed by atoms with van der Waals surface area (Å²) in [6.07, 6.45) is 11.9. The average molecular weight is 496 g/mol. The van der Waals surface area contributed by atoms with Crippen LogP contribution in [-0.4, -0.2) is 17.7 Å². The van der Waals surface area contributed by atoms with Crippen LogP contribution in [0.4, 0.5) is 17.1 Å². The molecule has 0 aromatic heterocycles. The Morgan fingerprint density at radius 2 is 0.694 bits per heavy atom. The fraction of sp³-hybridized carbons (Fsp3) is 0.700. The van der Waals surface area contributed by atoms with E-state index in [-0.39, 0.29) is 35.5 Å². The molecular weight excluding hydrogens is 450 g/mol. The lowest BCUT2D eigenvalue weighted by molar-refractivity contribution is -0.121. The summed E-state index contributed by atoms with van der Waals surface area (Å²) in [6.45, 7) is 6.74. The molecule has 0 spiro atoms. The minimum atomic E-state index is 0.0194. The van der Waals surface area contributed by atoms with Crippen molar-refractivity contribution in [1.82, 2.24) is 0 Å². The summed E-state index contributed by atoms with van der Waals surface area (Å²) in [7, 11) is 0. The maximum Gasteiger partial charge on any atom is 0.227 e. The number of rotatable bonds is 6. The Bertz CT molecular complexity index is 790. The number of carbonyl (C=O) groups excluding carboxylic acids is 3. The molecule has 6 nitrogen and oxygen atoms in total. The molecule has 198 valence electrons. The highest BCUT2D eigenvalue weighted by atomic mass is 16.2. The van der Waals surface area contributed by atoms with E-state index in [2.05, 4.69) is 36.7 Å². The molecule has 0 unspecified atom stereocenters. The van der Waals surface area contributed by atoms with Gasteiger partial charge in [-0.2, -0.15) is 0 Å². The van der Waals surface area contributed by atoms with E-state index in [0.717, 1.165) is 77.0 Å². The van der Waals surface area contributed by atoms with E-state index < -0.39 is 0 Å². The zero-order chi connectivity index (χ0) is 25.7. The van der Waals surface area contributed by atoms with Gasteiger partial charge in [-0.1, -0.05) is 20.8 Å². The van der Waals surface area contributed by atoms with Crippen LogP contribution in [0.2, 0.25) is 0 Å². The SMILES string of the molecule is C[C@H]1CC[C@@H](C(=O)Nc2cc(NC(=O)[C@H]3CC[C@@H](C)CC3)cc(NC(=O)[C@H]3CC[C@@H](C)CC3)c2)CC1. The second-order valence-electron chi connectivity index (χ2n) is 12.1. The Morgan fingerprint density at radius 3 is 0.917 bits per heavy atom. The molecule has 3 saturated carbocycles. The monoisotopic (exact) mass is 495 g/mol. The number of carbonyl (C=O) groups is 3. The van der Waals surface area contributed by atoms with Crippen LogP contribution in [0.25, 0.3) is 0 Å². The van der Waals surface area contributed by atoms with Gasteiger partial charge in [0.15, 0.2) is 0 Å². The number of benzene rings is 1. The topological polar surface area (TPSA) is 87.3 Å². The van der Waals surface area contributed by atoms with Crippen LogP contribution in [-0.2, 0) is 14.4 Å². The number of hydrogen-bond donors (Lipinski definition) is 3. The molecule has 4 rings (SSSR count). The second-order valence-corrected chi connectivity index (χ2v) is 12.1. The van der Waals surface area contributed by atoms with Crippen molar-refractivity contribution in [2.45, 2.75) is 97.8 Å². The zero-order valence-electron chi connectivity index (χ0n) is 22.4. The molecule has 3 aliphatic carbocycles. The second kappa shape index (κ2) is 12.2. The van der Waals surface area contributed by atoms with Crippen molar-refractivity contribution < 1.29 is 14.4 Å². The van der Waals surface area contributed by atoms with E-state index in [1.807, 2.05) is 18.2 Å². The largest absolute Gasteiger partial charge is 0.326 e. The third-order valence-corrected chi connectivity index (χ3v) is 8.90. The zero-order valence-corrected chi connectivity index (χ0v) is 22.4. The molecular formula is C30H45N3O3. The molecule has 0 atom stereocenters. The molecule has 3 amide bonds. The van der Waals surface area contributed by atoms with Crippen molar-refractivity contribution in [3.05, 3.63) is 18.2 Å². The minimum Gasteiger partial charge on any atom is -0.326 e. The lowest BCUT2D eigenvalue weighted by atomic mass is 9.82. The van der Waals surface area contributed by atoms with Crippen molar-refractivity contribution in [2.75, 3.05) is 16.0 Å². The quantitative estimate of drug-likeness (QED) is 0.398. The van der Waals surface area contributed by atoms with Crippen molar-refractivity contribution >= 4 is 34.8 Å². The van der Waals surface area contributed by atoms with E-state index in [1.165, 1.54) is 0 Å². The molecule has 3 aliphatic rings. The van der Waals surface area contributed by atoms with Crippen LogP contribution in [0.15, 0.2) is 18.2 Å². The molecule has 0 aliphatic heterocycles. The first-order valence-corrected chi connectivity index (χ1v) is 14.3. The lowest BCUT2D eigenvalue weighted by Crippen LogP contribution is -2.28. The minimum absolute atomic E-state index is 0.0194. The summed E-state index contributed by atoms with van der Waals surface area (Å²) in [5.74, 6) is 2.20. The van der Waals surface area contributed by atoms with Crippen LogP contribution in [0.5, 0.6) is 0 Å². The third-order valence-electron chi connectivity index (χ3n) is 8.90. The van der Waals surface area contributed by atoms with E-state index in [9.17, 15) is 14.4 Å². The Labute approximate surface area is 216 Å². The molecule has 0 bridgehead atoms. The van der Waals surface area contributed by atoms with Crippen LogP contribution in [0.1, 0.15) is 97.8 Å². The maximum absolute atomic E-state index is 13.0. The Kier molecular flexibility index (Phi) is 9.08. The van der Waals surface area contributed by atoms with Gasteiger partial charge in [-0.05, 0) is 113 Å². The molecule has 1 aromatic carbocycles. The van der Waals surface area contributed by atoms with E-state index in [1.54, 1.807) is 0 Å². The highest BCUT2D eigenvalue weighted by Gasteiger charge is 2.27. The first kappa shape index (κ1) is 26.7. The molecule has 0 heterocycles. The van der Waals surface area contributed by atoms with Crippen molar-refractivity contribution in [3.8, 4) is 0 Å². The van der Waals surface area contributed by atoms with Gasteiger partial charge in [0.2, 0.25) is 17.7 Å². The van der Waals surface area contributed by atoms with Crippen molar-refractivity contribution in [2.24, 2.45) is 35.5 Å². The van der Waals surface area contributed by atoms with Crippen LogP contribution in [0, 0.1) is 35.5 Å². The van der Waals surface area contributed by atoms with Crippen LogP contribution >= 0.6 is 0 Å². The van der Waals surface area contributed by atoms with Crippen LogP contribution in [0.3, 0.4) is 0 Å². The molecule has 0 saturated heterocycles. The molecule has 6 heteroatoms. The first-order valence-electron chi connectivity index (χ1n) is 14.3. The fourth-order valence-corrected chi connectivity index (χ4v) is 6.14. The van der Waals surface area contributed by atoms with Gasteiger partial charge in [0.1, 0.15) is 0 Å². The van der Waals surface area contributed by atoms with Gasteiger partial charge >= 0.3 is 0 Å². The summed E-state index contributed by atoms with van der Waals surface area (Å²) in [5.41, 5.74) is 1.88. The molecule has 3 fully saturated rings. The van der Waals surface area contributed by atoms with Crippen molar-refractivity contribution in [1.29, 1.82) is 0 Å². The van der Waals surface area contributed by atoms with E-state index in [0.29, 0.717) is 34.8 Å². The molecule has 3 N–H and O–H groups in total. The average Bonchev–Trinajstić information content (AvgIpc) is 2.85. The number of amides is 3. The Hall–Kier alpha value is -2.37. The van der Waals surface area contributed by atoms with Gasteiger partial charge in [-0.3, -0.25) is 14.4 Å². The highest BCUT2D eigenvalue weighted by Crippen LogP contribution is 2.33. The van der Waals surface area contributed by atoms with Gasteiger partial charge in [0, 0.05) is 34.8 Å². The van der Waals surface area contributed by atoms with Gasteiger partial charge < -0.3 is 16.0 Å². The van der Waals surface area contributed by atoms with Crippen LogP contribution < -0.4 is 16.0 Å². The number of hydrogen-bond acceptors (Lipinski definition) is 3. The van der Waals surface area contributed by atoms with Gasteiger partial charge in [0.25, 0.3) is 0 Å². The Balaban J connectivity index is 1.47. The molecule has 36 heavy (non-hydrogen) atoms. The van der Waals surface area contributed by atoms with E-state index >= 15 is 0 Å².